The van der Waals surface area contributed by atoms with Gasteiger partial charge in [0, 0.05) is 38.6 Å². The molecule has 0 amide bonds. The molecule has 4 heteroatoms. The van der Waals surface area contributed by atoms with Crippen LogP contribution < -0.4 is 4.90 Å². The molecule has 2 heterocycles. The van der Waals surface area contributed by atoms with E-state index in [2.05, 4.69) is 147 Å². The minimum atomic E-state index is -0.265. The Labute approximate surface area is 265 Å². The van der Waals surface area contributed by atoms with Crippen LogP contribution in [0.1, 0.15) is 0 Å². The predicted molar refractivity (Wildman–Crippen MR) is 190 cm³/mol. The molecule has 0 radical (unpaired) electrons. The molecule has 0 aliphatic carbocycles. The number of aromatic nitrogens is 2. The van der Waals surface area contributed by atoms with Crippen molar-refractivity contribution < 1.29 is 4.39 Å². The maximum atomic E-state index is 14.5. The molecule has 3 nitrogen and oxygen atoms in total. The van der Waals surface area contributed by atoms with Gasteiger partial charge in [-0.15, -0.1) is 0 Å². The Bertz CT molecular complexity index is 2530. The van der Waals surface area contributed by atoms with E-state index in [0.717, 1.165) is 66.7 Å². The number of nitrogens with zero attached hydrogens (tertiary/aromatic N) is 3. The lowest BCUT2D eigenvalue weighted by atomic mass is 10.1. The van der Waals surface area contributed by atoms with E-state index < -0.39 is 0 Å². The van der Waals surface area contributed by atoms with E-state index in [1.807, 2.05) is 24.3 Å². The van der Waals surface area contributed by atoms with Crippen molar-refractivity contribution in [3.63, 3.8) is 0 Å². The molecule has 7 aromatic carbocycles. The molecule has 0 aliphatic heterocycles. The average molecular weight is 594 g/mol. The summed E-state index contributed by atoms with van der Waals surface area (Å²) in [5.74, 6) is -0.265. The van der Waals surface area contributed by atoms with Gasteiger partial charge in [-0.05, 0) is 78.9 Å². The summed E-state index contributed by atoms with van der Waals surface area (Å²) < 4.78 is 19.1. The van der Waals surface area contributed by atoms with Crippen LogP contribution in [0.2, 0.25) is 0 Å². The summed E-state index contributed by atoms with van der Waals surface area (Å²) in [5, 5.41) is 4.62. The van der Waals surface area contributed by atoms with E-state index in [-0.39, 0.29) is 5.82 Å². The lowest BCUT2D eigenvalue weighted by Crippen LogP contribution is -2.12. The SMILES string of the molecule is Fc1ccc(N(c2cccc3c2c2ccccc2n3-c2ccccc2)c2cccc3c4ccccc4n(-c4ccccc4)c23)cc1. The van der Waals surface area contributed by atoms with Crippen LogP contribution in [0.5, 0.6) is 0 Å². The van der Waals surface area contributed by atoms with Crippen LogP contribution in [0.15, 0.2) is 170 Å². The van der Waals surface area contributed by atoms with Crippen molar-refractivity contribution >= 4 is 60.7 Å². The number of anilines is 3. The van der Waals surface area contributed by atoms with Crippen molar-refractivity contribution in [2.45, 2.75) is 0 Å². The van der Waals surface area contributed by atoms with Crippen LogP contribution in [0, 0.1) is 5.82 Å². The topological polar surface area (TPSA) is 13.1 Å². The Morgan fingerprint density at radius 2 is 0.913 bits per heavy atom. The largest absolute Gasteiger partial charge is 0.309 e. The molecule has 0 atom stereocenters. The van der Waals surface area contributed by atoms with Gasteiger partial charge in [0.05, 0.1) is 33.4 Å². The number of rotatable bonds is 5. The molecule has 9 rings (SSSR count). The molecule has 0 aliphatic rings. The van der Waals surface area contributed by atoms with E-state index in [4.69, 9.17) is 0 Å². The van der Waals surface area contributed by atoms with Crippen LogP contribution in [0.4, 0.5) is 21.5 Å². The zero-order valence-corrected chi connectivity index (χ0v) is 24.9. The van der Waals surface area contributed by atoms with Gasteiger partial charge in [0.25, 0.3) is 0 Å². The predicted octanol–water partition coefficient (Wildman–Crippen LogP) is 11.5. The molecule has 46 heavy (non-hydrogen) atoms. The van der Waals surface area contributed by atoms with Gasteiger partial charge < -0.3 is 14.0 Å². The first-order valence-electron chi connectivity index (χ1n) is 15.5. The maximum Gasteiger partial charge on any atom is 0.123 e. The molecule has 218 valence electrons. The number of hydrogen-bond acceptors (Lipinski definition) is 1. The van der Waals surface area contributed by atoms with Gasteiger partial charge in [-0.2, -0.15) is 0 Å². The Morgan fingerprint density at radius 1 is 0.391 bits per heavy atom. The lowest BCUT2D eigenvalue weighted by molar-refractivity contribution is 0.628. The third-order valence-corrected chi connectivity index (χ3v) is 8.94. The summed E-state index contributed by atoms with van der Waals surface area (Å²) >= 11 is 0. The van der Waals surface area contributed by atoms with Crippen molar-refractivity contribution in [1.82, 2.24) is 9.13 Å². The van der Waals surface area contributed by atoms with Gasteiger partial charge in [0.2, 0.25) is 0 Å². The molecule has 0 fully saturated rings. The maximum absolute atomic E-state index is 14.5. The first-order valence-corrected chi connectivity index (χ1v) is 15.5. The van der Waals surface area contributed by atoms with Crippen LogP contribution in [-0.2, 0) is 0 Å². The quantitative estimate of drug-likeness (QED) is 0.193. The summed E-state index contributed by atoms with van der Waals surface area (Å²) in [5.41, 5.74) is 9.55. The second kappa shape index (κ2) is 10.5. The van der Waals surface area contributed by atoms with Crippen LogP contribution >= 0.6 is 0 Å². The number of fused-ring (bicyclic) bond motifs is 6. The van der Waals surface area contributed by atoms with E-state index in [1.165, 1.54) is 5.39 Å². The Morgan fingerprint density at radius 3 is 1.63 bits per heavy atom. The highest BCUT2D eigenvalue weighted by atomic mass is 19.1. The Kier molecular flexibility index (Phi) is 6.00. The van der Waals surface area contributed by atoms with Crippen LogP contribution in [0.25, 0.3) is 55.0 Å². The number of halogens is 1. The van der Waals surface area contributed by atoms with Gasteiger partial charge in [0.1, 0.15) is 5.82 Å². The van der Waals surface area contributed by atoms with Crippen molar-refractivity contribution in [2.75, 3.05) is 4.90 Å². The second-order valence-corrected chi connectivity index (χ2v) is 11.5. The van der Waals surface area contributed by atoms with Crippen molar-refractivity contribution in [3.8, 4) is 11.4 Å². The van der Waals surface area contributed by atoms with Gasteiger partial charge in [-0.1, -0.05) is 91.0 Å². The van der Waals surface area contributed by atoms with Crippen LogP contribution in [0.3, 0.4) is 0 Å². The lowest BCUT2D eigenvalue weighted by Gasteiger charge is -2.28. The summed E-state index contributed by atoms with van der Waals surface area (Å²) in [7, 11) is 0. The first-order chi connectivity index (χ1) is 22.8. The van der Waals surface area contributed by atoms with Crippen LogP contribution in [-0.4, -0.2) is 9.13 Å². The number of para-hydroxylation sites is 5. The first kappa shape index (κ1) is 26.3. The average Bonchev–Trinajstić information content (AvgIpc) is 3.64. The Balaban J connectivity index is 1.43. The molecule has 0 N–H and O–H groups in total. The summed E-state index contributed by atoms with van der Waals surface area (Å²) in [6.45, 7) is 0. The monoisotopic (exact) mass is 593 g/mol. The molecule has 0 spiro atoms. The molecule has 9 aromatic rings. The molecular formula is C42H28FN3. The van der Waals surface area contributed by atoms with Gasteiger partial charge in [-0.3, -0.25) is 0 Å². The third kappa shape index (κ3) is 3.97. The van der Waals surface area contributed by atoms with Gasteiger partial charge in [0.15, 0.2) is 0 Å². The molecule has 0 unspecified atom stereocenters. The minimum absolute atomic E-state index is 0.265. The Hall–Kier alpha value is -6.13. The summed E-state index contributed by atoms with van der Waals surface area (Å²) in [6, 6.07) is 58.0. The van der Waals surface area contributed by atoms with Crippen molar-refractivity contribution in [2.24, 2.45) is 0 Å². The molecule has 2 aromatic heterocycles. The molecular weight excluding hydrogens is 565 g/mol. The fourth-order valence-corrected chi connectivity index (χ4v) is 7.07. The van der Waals surface area contributed by atoms with Crippen molar-refractivity contribution in [1.29, 1.82) is 0 Å². The minimum Gasteiger partial charge on any atom is -0.309 e. The van der Waals surface area contributed by atoms with E-state index in [1.54, 1.807) is 12.1 Å². The smallest absolute Gasteiger partial charge is 0.123 e. The van der Waals surface area contributed by atoms with E-state index in [9.17, 15) is 4.39 Å². The molecule has 0 bridgehead atoms. The van der Waals surface area contributed by atoms with Crippen molar-refractivity contribution in [3.05, 3.63) is 176 Å². The fourth-order valence-electron chi connectivity index (χ4n) is 7.07. The standard InChI is InChI=1S/C42H28FN3/c43-29-25-27-32(28-26-29)45(39-23-12-22-38-41(39)35-18-8-10-21-37(35)44(38)30-13-3-1-4-14-30)40-24-11-19-34-33-17-7-9-20-36(33)46(42(34)40)31-15-5-2-6-16-31/h1-28H. The number of benzene rings is 7. The molecule has 0 saturated carbocycles. The summed E-state index contributed by atoms with van der Waals surface area (Å²) in [4.78, 5) is 2.30. The van der Waals surface area contributed by atoms with E-state index in [0.29, 0.717) is 0 Å². The highest BCUT2D eigenvalue weighted by molar-refractivity contribution is 6.19. The zero-order chi connectivity index (χ0) is 30.6. The highest BCUT2D eigenvalue weighted by Crippen LogP contribution is 2.47. The third-order valence-electron chi connectivity index (χ3n) is 8.94. The summed E-state index contributed by atoms with van der Waals surface area (Å²) in [6.07, 6.45) is 0. The highest BCUT2D eigenvalue weighted by Gasteiger charge is 2.24. The fraction of sp³-hybridized carbons (Fsp3) is 0. The second-order valence-electron chi connectivity index (χ2n) is 11.5. The molecule has 0 saturated heterocycles. The number of hydrogen-bond donors (Lipinski definition) is 0. The van der Waals surface area contributed by atoms with Gasteiger partial charge in [-0.25, -0.2) is 4.39 Å². The zero-order valence-electron chi connectivity index (χ0n) is 24.9. The normalized spacial score (nSPS) is 11.6. The van der Waals surface area contributed by atoms with Gasteiger partial charge >= 0.3 is 0 Å². The van der Waals surface area contributed by atoms with E-state index >= 15 is 0 Å².